The van der Waals surface area contributed by atoms with Crippen LogP contribution in [0.5, 0.6) is 0 Å². The van der Waals surface area contributed by atoms with Gasteiger partial charge in [0.05, 0.1) is 10.8 Å². The minimum absolute atomic E-state index is 0.209. The number of esters is 2. The lowest BCUT2D eigenvalue weighted by Gasteiger charge is -2.36. The summed E-state index contributed by atoms with van der Waals surface area (Å²) >= 11 is 0. The average Bonchev–Trinajstić information content (AvgIpc) is 2.83. The number of carbonyl (C=O) groups excluding carboxylic acids is 2. The minimum atomic E-state index is -0.921. The third-order valence-electron chi connectivity index (χ3n) is 6.85. The number of likely N-dealkylation sites (N-methyl/N-ethyl adjacent to an activating group) is 1. The highest BCUT2D eigenvalue weighted by Gasteiger charge is 2.41. The number of carbonyl (C=O) groups is 2. The topological polar surface area (TPSA) is 55.8 Å². The first kappa shape index (κ1) is 27.6. The molecule has 186 valence electrons. The lowest BCUT2D eigenvalue weighted by molar-refractivity contribution is -0.168. The first-order chi connectivity index (χ1) is 15.9. The highest BCUT2D eigenvalue weighted by Crippen LogP contribution is 2.39. The lowest BCUT2D eigenvalue weighted by Crippen LogP contribution is -2.38. The van der Waals surface area contributed by atoms with E-state index >= 15 is 0 Å². The number of benzene rings is 2. The van der Waals surface area contributed by atoms with Gasteiger partial charge in [-0.3, -0.25) is 9.59 Å². The summed E-state index contributed by atoms with van der Waals surface area (Å²) in [5.74, 6) is -0.499. The standard InChI is InChI=1S/C29H41NO4/c1-8-28(4,26(32)33-22-21-30(6)7)20-19-27(2,3)25(31)34-29(5,23-15-11-9-12-16-23)24-17-13-10-14-18-24/h9-18H,8,19-22H2,1-7H3. The van der Waals surface area contributed by atoms with Crippen LogP contribution in [0.2, 0.25) is 0 Å². The molecule has 34 heavy (non-hydrogen) atoms. The Hall–Kier alpha value is -2.66. The van der Waals surface area contributed by atoms with E-state index in [-0.39, 0.29) is 11.9 Å². The van der Waals surface area contributed by atoms with Crippen LogP contribution in [0.15, 0.2) is 60.7 Å². The van der Waals surface area contributed by atoms with Gasteiger partial charge in [-0.2, -0.15) is 0 Å². The predicted octanol–water partition coefficient (Wildman–Crippen LogP) is 5.82. The molecule has 0 heterocycles. The monoisotopic (exact) mass is 467 g/mol. The molecule has 2 rings (SSSR count). The summed E-state index contributed by atoms with van der Waals surface area (Å²) in [5.41, 5.74) is -0.519. The van der Waals surface area contributed by atoms with E-state index in [9.17, 15) is 9.59 Å². The maximum Gasteiger partial charge on any atom is 0.312 e. The predicted molar refractivity (Wildman–Crippen MR) is 136 cm³/mol. The van der Waals surface area contributed by atoms with Crippen molar-refractivity contribution in [3.8, 4) is 0 Å². The van der Waals surface area contributed by atoms with Crippen LogP contribution < -0.4 is 0 Å². The van der Waals surface area contributed by atoms with Crippen molar-refractivity contribution in [3.05, 3.63) is 71.8 Å². The van der Waals surface area contributed by atoms with E-state index in [0.29, 0.717) is 32.4 Å². The van der Waals surface area contributed by atoms with Gasteiger partial charge in [-0.25, -0.2) is 0 Å². The first-order valence-corrected chi connectivity index (χ1v) is 12.1. The van der Waals surface area contributed by atoms with E-state index in [1.54, 1.807) is 0 Å². The van der Waals surface area contributed by atoms with Crippen LogP contribution in [0.25, 0.3) is 0 Å². The fraction of sp³-hybridized carbons (Fsp3) is 0.517. The Kier molecular flexibility index (Phi) is 9.45. The van der Waals surface area contributed by atoms with E-state index in [1.165, 1.54) is 0 Å². The zero-order valence-electron chi connectivity index (χ0n) is 21.9. The normalized spacial score (nSPS) is 13.9. The Morgan fingerprint density at radius 1 is 0.794 bits per heavy atom. The van der Waals surface area contributed by atoms with E-state index in [1.807, 2.05) is 114 Å². The number of rotatable bonds is 12. The maximum absolute atomic E-state index is 13.5. The second-order valence-electron chi connectivity index (χ2n) is 10.4. The van der Waals surface area contributed by atoms with E-state index in [4.69, 9.17) is 9.47 Å². The van der Waals surface area contributed by atoms with Gasteiger partial charge < -0.3 is 14.4 Å². The summed E-state index contributed by atoms with van der Waals surface area (Å²) in [7, 11) is 3.89. The molecule has 0 amide bonds. The average molecular weight is 468 g/mol. The Morgan fingerprint density at radius 3 is 1.74 bits per heavy atom. The van der Waals surface area contributed by atoms with E-state index in [0.717, 1.165) is 11.1 Å². The molecule has 0 saturated heterocycles. The van der Waals surface area contributed by atoms with Crippen molar-refractivity contribution in [2.24, 2.45) is 10.8 Å². The molecule has 0 aromatic heterocycles. The zero-order chi connectivity index (χ0) is 25.4. The molecular formula is C29H41NO4. The molecular weight excluding hydrogens is 426 g/mol. The van der Waals surface area contributed by atoms with Crippen molar-refractivity contribution in [2.75, 3.05) is 27.2 Å². The maximum atomic E-state index is 13.5. The summed E-state index contributed by atoms with van der Waals surface area (Å²) in [5, 5.41) is 0. The van der Waals surface area contributed by atoms with Crippen molar-refractivity contribution >= 4 is 11.9 Å². The van der Waals surface area contributed by atoms with Gasteiger partial charge in [0.25, 0.3) is 0 Å². The highest BCUT2D eigenvalue weighted by atomic mass is 16.6. The Balaban J connectivity index is 2.17. The lowest BCUT2D eigenvalue weighted by atomic mass is 9.76. The van der Waals surface area contributed by atoms with Crippen molar-refractivity contribution < 1.29 is 19.1 Å². The molecule has 0 saturated carbocycles. The van der Waals surface area contributed by atoms with Gasteiger partial charge in [0.2, 0.25) is 0 Å². The van der Waals surface area contributed by atoms with Gasteiger partial charge >= 0.3 is 11.9 Å². The van der Waals surface area contributed by atoms with Crippen LogP contribution in [0, 0.1) is 10.8 Å². The molecule has 2 aromatic carbocycles. The second-order valence-corrected chi connectivity index (χ2v) is 10.4. The summed E-state index contributed by atoms with van der Waals surface area (Å²) in [6.07, 6.45) is 1.70. The van der Waals surface area contributed by atoms with Gasteiger partial charge in [0.15, 0.2) is 5.60 Å². The molecule has 1 atom stereocenters. The van der Waals surface area contributed by atoms with Crippen molar-refractivity contribution in [2.45, 2.75) is 59.5 Å². The van der Waals surface area contributed by atoms with Gasteiger partial charge in [0.1, 0.15) is 6.61 Å². The van der Waals surface area contributed by atoms with Crippen molar-refractivity contribution in [1.29, 1.82) is 0 Å². The zero-order valence-corrected chi connectivity index (χ0v) is 21.9. The van der Waals surface area contributed by atoms with Crippen molar-refractivity contribution in [3.63, 3.8) is 0 Å². The molecule has 0 spiro atoms. The van der Waals surface area contributed by atoms with E-state index < -0.39 is 16.4 Å². The fourth-order valence-electron chi connectivity index (χ4n) is 3.73. The summed E-state index contributed by atoms with van der Waals surface area (Å²) in [4.78, 5) is 28.3. The van der Waals surface area contributed by atoms with Gasteiger partial charge in [0, 0.05) is 6.54 Å². The molecule has 0 aliphatic rings. The SMILES string of the molecule is CCC(C)(CCC(C)(C)C(=O)OC(C)(c1ccccc1)c1ccccc1)C(=O)OCCN(C)C. The van der Waals surface area contributed by atoms with Gasteiger partial charge in [-0.05, 0) is 72.2 Å². The third kappa shape index (κ3) is 6.92. The van der Waals surface area contributed by atoms with Crippen LogP contribution in [0.3, 0.4) is 0 Å². The van der Waals surface area contributed by atoms with Crippen LogP contribution in [-0.2, 0) is 24.7 Å². The van der Waals surface area contributed by atoms with Gasteiger partial charge in [-0.1, -0.05) is 67.6 Å². The summed E-state index contributed by atoms with van der Waals surface area (Å²) in [6.45, 7) is 10.7. The van der Waals surface area contributed by atoms with Gasteiger partial charge in [-0.15, -0.1) is 0 Å². The molecule has 0 radical (unpaired) electrons. The van der Waals surface area contributed by atoms with Crippen LogP contribution >= 0.6 is 0 Å². The van der Waals surface area contributed by atoms with Crippen molar-refractivity contribution in [1.82, 2.24) is 4.90 Å². The number of hydrogen-bond acceptors (Lipinski definition) is 5. The Labute approximate surface area is 205 Å². The molecule has 0 bridgehead atoms. The minimum Gasteiger partial charge on any atom is -0.464 e. The largest absolute Gasteiger partial charge is 0.464 e. The molecule has 0 fully saturated rings. The van der Waals surface area contributed by atoms with Crippen LogP contribution in [0.4, 0.5) is 0 Å². The molecule has 0 aliphatic carbocycles. The summed E-state index contributed by atoms with van der Waals surface area (Å²) in [6, 6.07) is 19.6. The summed E-state index contributed by atoms with van der Waals surface area (Å²) < 4.78 is 11.8. The Morgan fingerprint density at radius 2 is 1.29 bits per heavy atom. The van der Waals surface area contributed by atoms with Crippen LogP contribution in [0.1, 0.15) is 65.0 Å². The number of hydrogen-bond donors (Lipinski definition) is 0. The fourth-order valence-corrected chi connectivity index (χ4v) is 3.73. The third-order valence-corrected chi connectivity index (χ3v) is 6.85. The van der Waals surface area contributed by atoms with Crippen LogP contribution in [-0.4, -0.2) is 44.1 Å². The molecule has 5 heteroatoms. The highest BCUT2D eigenvalue weighted by molar-refractivity contribution is 5.78. The molecule has 0 aliphatic heterocycles. The first-order valence-electron chi connectivity index (χ1n) is 12.1. The number of ether oxygens (including phenoxy) is 2. The molecule has 2 aromatic rings. The quantitative estimate of drug-likeness (QED) is 0.368. The Bertz CT molecular complexity index is 884. The molecule has 1 unspecified atom stereocenters. The number of nitrogens with zero attached hydrogens (tertiary/aromatic N) is 1. The molecule has 0 N–H and O–H groups in total. The van der Waals surface area contributed by atoms with E-state index in [2.05, 4.69) is 0 Å². The molecule has 5 nitrogen and oxygen atoms in total. The second kappa shape index (κ2) is 11.7. The smallest absolute Gasteiger partial charge is 0.312 e.